The number of benzene rings is 1. The van der Waals surface area contributed by atoms with Crippen molar-refractivity contribution >= 4 is 0 Å². The SMILES string of the molecule is CCC1(CNCc2ccc(C)c(C)c2)CCCC1. The summed E-state index contributed by atoms with van der Waals surface area (Å²) in [5.74, 6) is 0. The first kappa shape index (κ1) is 13.6. The second kappa shape index (κ2) is 5.88. The lowest BCUT2D eigenvalue weighted by Crippen LogP contribution is -2.31. The van der Waals surface area contributed by atoms with Crippen LogP contribution in [0.5, 0.6) is 0 Å². The van der Waals surface area contributed by atoms with Crippen molar-refractivity contribution in [3.05, 3.63) is 34.9 Å². The maximum absolute atomic E-state index is 3.68. The van der Waals surface area contributed by atoms with Crippen LogP contribution < -0.4 is 5.32 Å². The Morgan fingerprint density at radius 3 is 2.44 bits per heavy atom. The summed E-state index contributed by atoms with van der Waals surface area (Å²) in [5, 5.41) is 3.68. The molecule has 18 heavy (non-hydrogen) atoms. The van der Waals surface area contributed by atoms with Crippen LogP contribution in [-0.4, -0.2) is 6.54 Å². The van der Waals surface area contributed by atoms with Crippen molar-refractivity contribution in [2.45, 2.75) is 59.4 Å². The molecule has 1 aromatic carbocycles. The van der Waals surface area contributed by atoms with E-state index in [1.807, 2.05) is 0 Å². The van der Waals surface area contributed by atoms with Crippen molar-refractivity contribution in [2.75, 3.05) is 6.54 Å². The average molecular weight is 245 g/mol. The topological polar surface area (TPSA) is 12.0 Å². The van der Waals surface area contributed by atoms with Crippen molar-refractivity contribution in [1.29, 1.82) is 0 Å². The third-order valence-electron chi connectivity index (χ3n) is 4.81. The van der Waals surface area contributed by atoms with Gasteiger partial charge in [-0.3, -0.25) is 0 Å². The molecule has 1 aromatic rings. The maximum Gasteiger partial charge on any atom is 0.0205 e. The van der Waals surface area contributed by atoms with Crippen LogP contribution in [0, 0.1) is 19.3 Å². The highest BCUT2D eigenvalue weighted by molar-refractivity contribution is 5.29. The number of hydrogen-bond acceptors (Lipinski definition) is 1. The van der Waals surface area contributed by atoms with Gasteiger partial charge in [0.15, 0.2) is 0 Å². The fourth-order valence-electron chi connectivity index (χ4n) is 3.17. The molecule has 1 N–H and O–H groups in total. The zero-order valence-electron chi connectivity index (χ0n) is 12.2. The molecule has 1 saturated carbocycles. The van der Waals surface area contributed by atoms with E-state index in [1.54, 1.807) is 0 Å². The summed E-state index contributed by atoms with van der Waals surface area (Å²) in [7, 11) is 0. The van der Waals surface area contributed by atoms with Crippen LogP contribution in [-0.2, 0) is 6.54 Å². The molecular weight excluding hydrogens is 218 g/mol. The summed E-state index contributed by atoms with van der Waals surface area (Å²) >= 11 is 0. The highest BCUT2D eigenvalue weighted by Gasteiger charge is 2.31. The molecular formula is C17H27N. The summed E-state index contributed by atoms with van der Waals surface area (Å²) in [6.45, 7) is 8.93. The molecule has 0 unspecified atom stereocenters. The predicted molar refractivity (Wildman–Crippen MR) is 78.8 cm³/mol. The van der Waals surface area contributed by atoms with Gasteiger partial charge in [-0.15, -0.1) is 0 Å². The molecule has 0 spiro atoms. The molecule has 0 saturated heterocycles. The highest BCUT2D eigenvalue weighted by atomic mass is 14.9. The van der Waals surface area contributed by atoms with E-state index < -0.39 is 0 Å². The molecule has 0 aromatic heterocycles. The highest BCUT2D eigenvalue weighted by Crippen LogP contribution is 2.40. The standard InChI is InChI=1S/C17H27N/c1-4-17(9-5-6-10-17)13-18-12-16-8-7-14(2)15(3)11-16/h7-8,11,18H,4-6,9-10,12-13H2,1-3H3. The monoisotopic (exact) mass is 245 g/mol. The minimum absolute atomic E-state index is 0.597. The molecule has 0 aliphatic heterocycles. The van der Waals surface area contributed by atoms with E-state index in [9.17, 15) is 0 Å². The lowest BCUT2D eigenvalue weighted by atomic mass is 9.83. The van der Waals surface area contributed by atoms with E-state index in [2.05, 4.69) is 44.3 Å². The molecule has 0 atom stereocenters. The summed E-state index contributed by atoms with van der Waals surface area (Å²) in [4.78, 5) is 0. The van der Waals surface area contributed by atoms with Gasteiger partial charge in [0.2, 0.25) is 0 Å². The second-order valence-electron chi connectivity index (χ2n) is 6.08. The van der Waals surface area contributed by atoms with Crippen LogP contribution in [0.2, 0.25) is 0 Å². The van der Waals surface area contributed by atoms with Gasteiger partial charge in [0.1, 0.15) is 0 Å². The minimum Gasteiger partial charge on any atom is -0.312 e. The Hall–Kier alpha value is -0.820. The van der Waals surface area contributed by atoms with Crippen LogP contribution in [0.15, 0.2) is 18.2 Å². The smallest absolute Gasteiger partial charge is 0.0205 e. The Morgan fingerprint density at radius 1 is 1.11 bits per heavy atom. The van der Waals surface area contributed by atoms with Crippen LogP contribution in [0.4, 0.5) is 0 Å². The van der Waals surface area contributed by atoms with Crippen molar-refractivity contribution in [3.8, 4) is 0 Å². The lowest BCUT2D eigenvalue weighted by molar-refractivity contribution is 0.268. The zero-order valence-corrected chi connectivity index (χ0v) is 12.2. The summed E-state index contributed by atoms with van der Waals surface area (Å²) < 4.78 is 0. The van der Waals surface area contributed by atoms with Crippen molar-refractivity contribution in [2.24, 2.45) is 5.41 Å². The van der Waals surface area contributed by atoms with E-state index in [1.165, 1.54) is 55.3 Å². The van der Waals surface area contributed by atoms with Crippen LogP contribution in [0.25, 0.3) is 0 Å². The maximum atomic E-state index is 3.68. The first-order valence-electron chi connectivity index (χ1n) is 7.42. The first-order valence-corrected chi connectivity index (χ1v) is 7.42. The second-order valence-corrected chi connectivity index (χ2v) is 6.08. The molecule has 0 amide bonds. The molecule has 2 rings (SSSR count). The Labute approximate surface area is 112 Å². The molecule has 1 fully saturated rings. The number of hydrogen-bond donors (Lipinski definition) is 1. The van der Waals surface area contributed by atoms with Crippen molar-refractivity contribution in [1.82, 2.24) is 5.32 Å². The van der Waals surface area contributed by atoms with Crippen LogP contribution in [0.1, 0.15) is 55.7 Å². The van der Waals surface area contributed by atoms with Gasteiger partial charge in [-0.2, -0.15) is 0 Å². The van der Waals surface area contributed by atoms with Gasteiger partial charge in [0, 0.05) is 13.1 Å². The molecule has 1 nitrogen and oxygen atoms in total. The molecule has 0 bridgehead atoms. The fourth-order valence-corrected chi connectivity index (χ4v) is 3.17. The van der Waals surface area contributed by atoms with Crippen LogP contribution >= 0.6 is 0 Å². The van der Waals surface area contributed by atoms with Gasteiger partial charge in [-0.25, -0.2) is 0 Å². The molecule has 1 heteroatoms. The van der Waals surface area contributed by atoms with E-state index >= 15 is 0 Å². The van der Waals surface area contributed by atoms with Gasteiger partial charge in [0.05, 0.1) is 0 Å². The molecule has 0 heterocycles. The number of nitrogens with one attached hydrogen (secondary N) is 1. The Kier molecular flexibility index (Phi) is 4.45. The zero-order chi connectivity index (χ0) is 13.0. The van der Waals surface area contributed by atoms with Crippen molar-refractivity contribution < 1.29 is 0 Å². The van der Waals surface area contributed by atoms with Gasteiger partial charge < -0.3 is 5.32 Å². The predicted octanol–water partition coefficient (Wildman–Crippen LogP) is 4.36. The fraction of sp³-hybridized carbons (Fsp3) is 0.647. The van der Waals surface area contributed by atoms with Gasteiger partial charge >= 0.3 is 0 Å². The summed E-state index contributed by atoms with van der Waals surface area (Å²) in [5.41, 5.74) is 4.81. The van der Waals surface area contributed by atoms with Crippen LogP contribution in [0.3, 0.4) is 0 Å². The summed E-state index contributed by atoms with van der Waals surface area (Å²) in [6, 6.07) is 6.80. The third kappa shape index (κ3) is 3.14. The van der Waals surface area contributed by atoms with Crippen molar-refractivity contribution in [3.63, 3.8) is 0 Å². The normalized spacial score (nSPS) is 18.2. The van der Waals surface area contributed by atoms with E-state index in [0.29, 0.717) is 5.41 Å². The van der Waals surface area contributed by atoms with E-state index in [-0.39, 0.29) is 0 Å². The first-order chi connectivity index (χ1) is 8.65. The minimum atomic E-state index is 0.597. The lowest BCUT2D eigenvalue weighted by Gasteiger charge is -2.27. The van der Waals surface area contributed by atoms with Gasteiger partial charge in [-0.05, 0) is 55.2 Å². The number of rotatable bonds is 5. The molecule has 1 aliphatic carbocycles. The Balaban J connectivity index is 1.86. The Morgan fingerprint density at radius 2 is 1.83 bits per heavy atom. The summed E-state index contributed by atoms with van der Waals surface area (Å²) in [6.07, 6.45) is 7.03. The van der Waals surface area contributed by atoms with Gasteiger partial charge in [0.25, 0.3) is 0 Å². The largest absolute Gasteiger partial charge is 0.312 e. The van der Waals surface area contributed by atoms with E-state index in [0.717, 1.165) is 6.54 Å². The van der Waals surface area contributed by atoms with E-state index in [4.69, 9.17) is 0 Å². The number of aryl methyl sites for hydroxylation is 2. The Bertz CT molecular complexity index is 389. The third-order valence-corrected chi connectivity index (χ3v) is 4.81. The van der Waals surface area contributed by atoms with Gasteiger partial charge in [-0.1, -0.05) is 38.0 Å². The average Bonchev–Trinajstić information content (AvgIpc) is 2.83. The molecule has 1 aliphatic rings. The molecule has 0 radical (unpaired) electrons. The molecule has 100 valence electrons. The quantitative estimate of drug-likeness (QED) is 0.812.